The molecule has 0 radical (unpaired) electrons. The van der Waals surface area contributed by atoms with Crippen LogP contribution in [0.1, 0.15) is 26.3 Å². The van der Waals surface area contributed by atoms with Crippen LogP contribution in [-0.4, -0.2) is 31.3 Å². The number of aromatic nitrogens is 1. The van der Waals surface area contributed by atoms with Crippen LogP contribution >= 0.6 is 11.3 Å². The predicted octanol–water partition coefficient (Wildman–Crippen LogP) is 4.66. The molecule has 2 N–H and O–H groups in total. The third-order valence-electron chi connectivity index (χ3n) is 4.65. The largest absolute Gasteiger partial charge is 0.298 e. The average molecular weight is 478 g/mol. The van der Waals surface area contributed by atoms with Gasteiger partial charge in [0, 0.05) is 33.3 Å². The Morgan fingerprint density at radius 3 is 2.06 bits per heavy atom. The summed E-state index contributed by atoms with van der Waals surface area (Å²) in [4.78, 5) is 29.5. The molecule has 1 heterocycles. The summed E-state index contributed by atoms with van der Waals surface area (Å²) in [7, 11) is -3.34. The van der Waals surface area contributed by atoms with E-state index in [-0.39, 0.29) is 11.7 Å². The van der Waals surface area contributed by atoms with Gasteiger partial charge in [-0.25, -0.2) is 13.4 Å². The van der Waals surface area contributed by atoms with E-state index in [1.54, 1.807) is 78.2 Å². The van der Waals surface area contributed by atoms with Crippen LogP contribution in [0.5, 0.6) is 0 Å². The standard InChI is InChI=1S/C24H19N3O4S2/c1-33(30,31)27-20-13-11-16(12-14-20)21-15-32-24(25-21)26-23(29)19-9-7-18(8-10-19)22(28)17-5-3-2-4-6-17/h2-15,27H,1H3,(H,25,26,29). The molecule has 0 saturated carbocycles. The van der Waals surface area contributed by atoms with E-state index in [4.69, 9.17) is 0 Å². The van der Waals surface area contributed by atoms with E-state index in [0.717, 1.165) is 11.8 Å². The fraction of sp³-hybridized carbons (Fsp3) is 0.0417. The Balaban J connectivity index is 1.42. The second kappa shape index (κ2) is 9.35. The minimum Gasteiger partial charge on any atom is -0.298 e. The number of nitrogens with one attached hydrogen (secondary N) is 2. The maximum Gasteiger partial charge on any atom is 0.257 e. The van der Waals surface area contributed by atoms with Gasteiger partial charge in [0.2, 0.25) is 10.0 Å². The second-order valence-electron chi connectivity index (χ2n) is 7.22. The molecule has 4 rings (SSSR count). The fourth-order valence-corrected chi connectivity index (χ4v) is 4.36. The number of anilines is 2. The number of carbonyl (C=O) groups is 2. The highest BCUT2D eigenvalue weighted by molar-refractivity contribution is 7.92. The van der Waals surface area contributed by atoms with Crippen molar-refractivity contribution in [1.29, 1.82) is 0 Å². The van der Waals surface area contributed by atoms with Gasteiger partial charge in [-0.2, -0.15) is 0 Å². The molecule has 166 valence electrons. The molecule has 0 aliphatic carbocycles. The van der Waals surface area contributed by atoms with Crippen molar-refractivity contribution in [3.8, 4) is 11.3 Å². The number of benzene rings is 3. The van der Waals surface area contributed by atoms with E-state index in [1.165, 1.54) is 11.3 Å². The van der Waals surface area contributed by atoms with E-state index >= 15 is 0 Å². The molecule has 0 fully saturated rings. The highest BCUT2D eigenvalue weighted by atomic mass is 32.2. The fourth-order valence-electron chi connectivity index (χ4n) is 3.09. The Morgan fingerprint density at radius 2 is 1.42 bits per heavy atom. The van der Waals surface area contributed by atoms with Gasteiger partial charge >= 0.3 is 0 Å². The van der Waals surface area contributed by atoms with Crippen LogP contribution in [0, 0.1) is 0 Å². The lowest BCUT2D eigenvalue weighted by Gasteiger charge is -2.05. The highest BCUT2D eigenvalue weighted by Gasteiger charge is 2.13. The number of amides is 1. The molecule has 0 aliphatic heterocycles. The first-order chi connectivity index (χ1) is 15.8. The molecule has 4 aromatic rings. The SMILES string of the molecule is CS(=O)(=O)Nc1ccc(-c2csc(NC(=O)c3ccc(C(=O)c4ccccc4)cc3)n2)cc1. The topological polar surface area (TPSA) is 105 Å². The maximum atomic E-state index is 12.6. The summed E-state index contributed by atoms with van der Waals surface area (Å²) in [5.74, 6) is -0.438. The van der Waals surface area contributed by atoms with Gasteiger partial charge in [0.05, 0.1) is 11.9 Å². The van der Waals surface area contributed by atoms with Gasteiger partial charge in [-0.15, -0.1) is 11.3 Å². The van der Waals surface area contributed by atoms with Crippen molar-refractivity contribution >= 4 is 43.9 Å². The van der Waals surface area contributed by atoms with Crippen LogP contribution in [-0.2, 0) is 10.0 Å². The Morgan fingerprint density at radius 1 is 0.818 bits per heavy atom. The predicted molar refractivity (Wildman–Crippen MR) is 130 cm³/mol. The number of ketones is 1. The first-order valence-corrected chi connectivity index (χ1v) is 12.6. The Hall–Kier alpha value is -3.82. The molecule has 0 spiro atoms. The smallest absolute Gasteiger partial charge is 0.257 e. The van der Waals surface area contributed by atoms with Crippen LogP contribution in [0.25, 0.3) is 11.3 Å². The van der Waals surface area contributed by atoms with Crippen molar-refractivity contribution in [2.75, 3.05) is 16.3 Å². The molecule has 3 aromatic carbocycles. The molecule has 1 aromatic heterocycles. The van der Waals surface area contributed by atoms with Crippen molar-refractivity contribution in [3.63, 3.8) is 0 Å². The first kappa shape index (κ1) is 22.4. The number of thiazole rings is 1. The molecule has 0 atom stereocenters. The maximum absolute atomic E-state index is 12.6. The highest BCUT2D eigenvalue weighted by Crippen LogP contribution is 2.26. The van der Waals surface area contributed by atoms with E-state index in [1.807, 2.05) is 6.07 Å². The molecule has 33 heavy (non-hydrogen) atoms. The number of rotatable bonds is 7. The lowest BCUT2D eigenvalue weighted by Crippen LogP contribution is -2.12. The Labute approximate surface area is 195 Å². The summed E-state index contributed by atoms with van der Waals surface area (Å²) in [6, 6.07) is 22.2. The normalized spacial score (nSPS) is 11.1. The molecule has 9 heteroatoms. The summed E-state index contributed by atoms with van der Waals surface area (Å²) in [5.41, 5.74) is 3.40. The summed E-state index contributed by atoms with van der Waals surface area (Å²) >= 11 is 1.28. The Bertz CT molecular complexity index is 1400. The zero-order valence-electron chi connectivity index (χ0n) is 17.5. The van der Waals surface area contributed by atoms with Crippen molar-refractivity contribution in [3.05, 3.63) is 101 Å². The number of hydrogen-bond donors (Lipinski definition) is 2. The quantitative estimate of drug-likeness (QED) is 0.377. The van der Waals surface area contributed by atoms with Gasteiger partial charge < -0.3 is 0 Å². The van der Waals surface area contributed by atoms with Crippen LogP contribution in [0.4, 0.5) is 10.8 Å². The van der Waals surface area contributed by atoms with Gasteiger partial charge in [0.1, 0.15) is 0 Å². The van der Waals surface area contributed by atoms with Gasteiger partial charge in [0.15, 0.2) is 10.9 Å². The monoisotopic (exact) mass is 477 g/mol. The number of sulfonamides is 1. The van der Waals surface area contributed by atoms with Crippen molar-refractivity contribution in [2.24, 2.45) is 0 Å². The lowest BCUT2D eigenvalue weighted by atomic mass is 10.0. The molecule has 7 nitrogen and oxygen atoms in total. The van der Waals surface area contributed by atoms with Gasteiger partial charge in [-0.3, -0.25) is 19.6 Å². The van der Waals surface area contributed by atoms with Gasteiger partial charge in [0.25, 0.3) is 5.91 Å². The summed E-state index contributed by atoms with van der Waals surface area (Å²) in [6.45, 7) is 0. The number of hydrogen-bond acceptors (Lipinski definition) is 6. The first-order valence-electron chi connectivity index (χ1n) is 9.83. The zero-order valence-corrected chi connectivity index (χ0v) is 19.1. The third kappa shape index (κ3) is 5.71. The molecular weight excluding hydrogens is 458 g/mol. The second-order valence-corrected chi connectivity index (χ2v) is 9.82. The van der Waals surface area contributed by atoms with Crippen molar-refractivity contribution in [1.82, 2.24) is 4.98 Å². The van der Waals surface area contributed by atoms with Gasteiger partial charge in [-0.05, 0) is 24.3 Å². The van der Waals surface area contributed by atoms with Crippen LogP contribution in [0.3, 0.4) is 0 Å². The number of nitrogens with zero attached hydrogens (tertiary/aromatic N) is 1. The summed E-state index contributed by atoms with van der Waals surface area (Å²) in [5, 5.41) is 4.99. The molecular formula is C24H19N3O4S2. The molecule has 0 bridgehead atoms. The lowest BCUT2D eigenvalue weighted by molar-refractivity contribution is 0.102. The minimum atomic E-state index is -3.34. The molecule has 0 aliphatic rings. The molecule has 1 amide bonds. The summed E-state index contributed by atoms with van der Waals surface area (Å²) in [6.07, 6.45) is 1.09. The van der Waals surface area contributed by atoms with Gasteiger partial charge in [-0.1, -0.05) is 54.6 Å². The van der Waals surface area contributed by atoms with E-state index in [2.05, 4.69) is 15.0 Å². The van der Waals surface area contributed by atoms with Crippen LogP contribution in [0.2, 0.25) is 0 Å². The van der Waals surface area contributed by atoms with E-state index in [9.17, 15) is 18.0 Å². The zero-order chi connectivity index (χ0) is 23.4. The van der Waals surface area contributed by atoms with Crippen LogP contribution in [0.15, 0.2) is 84.2 Å². The van der Waals surface area contributed by atoms with E-state index in [0.29, 0.717) is 33.2 Å². The molecule has 0 saturated heterocycles. The van der Waals surface area contributed by atoms with Crippen molar-refractivity contribution < 1.29 is 18.0 Å². The molecule has 0 unspecified atom stereocenters. The van der Waals surface area contributed by atoms with Crippen LogP contribution < -0.4 is 10.0 Å². The number of carbonyl (C=O) groups excluding carboxylic acids is 2. The minimum absolute atomic E-state index is 0.107. The van der Waals surface area contributed by atoms with E-state index < -0.39 is 10.0 Å². The average Bonchev–Trinajstić information content (AvgIpc) is 3.27. The summed E-state index contributed by atoms with van der Waals surface area (Å²) < 4.78 is 25.0. The third-order valence-corrected chi connectivity index (χ3v) is 6.02. The van der Waals surface area contributed by atoms with Crippen molar-refractivity contribution in [2.45, 2.75) is 0 Å². The Kier molecular flexibility index (Phi) is 6.34.